The second-order valence-corrected chi connectivity index (χ2v) is 11.3. The summed E-state index contributed by atoms with van der Waals surface area (Å²) in [6.07, 6.45) is -0.412. The lowest BCUT2D eigenvalue weighted by Gasteiger charge is -2.40. The molecule has 0 aromatic carbocycles. The zero-order valence-electron chi connectivity index (χ0n) is 23.7. The molecule has 3 aliphatic rings. The molecule has 1 saturated carbocycles. The van der Waals surface area contributed by atoms with Crippen LogP contribution in [-0.2, 0) is 43.0 Å². The minimum absolute atomic E-state index is 0. The van der Waals surface area contributed by atoms with Crippen LogP contribution in [0, 0.1) is 11.3 Å². The summed E-state index contributed by atoms with van der Waals surface area (Å²) in [6, 6.07) is 1.55. The molecule has 0 unspecified atom stereocenters. The van der Waals surface area contributed by atoms with Crippen molar-refractivity contribution in [3.8, 4) is 0 Å². The van der Waals surface area contributed by atoms with Crippen molar-refractivity contribution in [2.24, 2.45) is 11.3 Å². The number of nitrogens with zero attached hydrogens (tertiary/aromatic N) is 2. The lowest BCUT2D eigenvalue weighted by atomic mass is 9.74. The average molecular weight is 590 g/mol. The van der Waals surface area contributed by atoms with E-state index in [1.807, 2.05) is 0 Å². The summed E-state index contributed by atoms with van der Waals surface area (Å²) < 4.78 is 50.6. The summed E-state index contributed by atoms with van der Waals surface area (Å²) in [5.41, 5.74) is -0.121. The zero-order valence-corrected chi connectivity index (χ0v) is 23.7. The number of carboxylic acids is 2. The number of ether oxygens (including phenoxy) is 2. The predicted octanol–water partition coefficient (Wildman–Crippen LogP) is 3.76. The Labute approximate surface area is 239 Å². The number of pyridine rings is 1. The highest BCUT2D eigenvalue weighted by molar-refractivity contribution is 5.84. The maximum Gasteiger partial charge on any atom is 0.417 e. The van der Waals surface area contributed by atoms with Crippen LogP contribution in [0.5, 0.6) is 0 Å². The number of methoxy groups -OCH3 is 1. The smallest absolute Gasteiger partial charge is 0.417 e. The molecule has 0 radical (unpaired) electrons. The molecule has 1 aliphatic carbocycles. The quantitative estimate of drug-likeness (QED) is 0.414. The van der Waals surface area contributed by atoms with Crippen LogP contribution in [0.2, 0.25) is 0 Å². The van der Waals surface area contributed by atoms with Crippen LogP contribution in [0.1, 0.15) is 70.6 Å². The summed E-state index contributed by atoms with van der Waals surface area (Å²) >= 11 is 0. The SMILES string of the molecule is CO[C@@H]1COCC[C@@H]1N[C@@H]1CC[C@@](C(=O)N2CCc3ncc(C(F)(F)F)cc3C2)(C(C)C)C1.O=C(O)CCC(=O)O.[HH]. The van der Waals surface area contributed by atoms with Crippen molar-refractivity contribution in [2.75, 3.05) is 26.9 Å². The molecule has 2 fully saturated rings. The van der Waals surface area contributed by atoms with Crippen LogP contribution in [0.4, 0.5) is 13.2 Å². The fraction of sp³-hybridized carbons (Fsp3) is 0.714. The van der Waals surface area contributed by atoms with Gasteiger partial charge in [-0.2, -0.15) is 13.2 Å². The molecule has 232 valence electrons. The summed E-state index contributed by atoms with van der Waals surface area (Å²) in [7, 11) is 1.69. The molecule has 1 amide bonds. The normalized spacial score (nSPS) is 26.2. The average Bonchev–Trinajstić information content (AvgIpc) is 3.36. The van der Waals surface area contributed by atoms with Crippen LogP contribution in [0.3, 0.4) is 0 Å². The van der Waals surface area contributed by atoms with Gasteiger partial charge in [-0.3, -0.25) is 19.4 Å². The fourth-order valence-electron chi connectivity index (χ4n) is 5.90. The van der Waals surface area contributed by atoms with Crippen LogP contribution in [0.15, 0.2) is 12.3 Å². The molecule has 1 saturated heterocycles. The van der Waals surface area contributed by atoms with Crippen LogP contribution >= 0.6 is 0 Å². The third-order valence-electron chi connectivity index (χ3n) is 8.34. The molecule has 10 nitrogen and oxygen atoms in total. The molecule has 2 aliphatic heterocycles. The lowest BCUT2D eigenvalue weighted by Crippen LogP contribution is -2.52. The number of aliphatic carboxylic acids is 2. The van der Waals surface area contributed by atoms with Gasteiger partial charge in [0.15, 0.2) is 0 Å². The van der Waals surface area contributed by atoms with Gasteiger partial charge in [-0.25, -0.2) is 0 Å². The molecule has 3 N–H and O–H groups in total. The molecule has 41 heavy (non-hydrogen) atoms. The lowest BCUT2D eigenvalue weighted by molar-refractivity contribution is -0.146. The molecule has 4 rings (SSSR count). The van der Waals surface area contributed by atoms with Crippen molar-refractivity contribution in [1.29, 1.82) is 0 Å². The molecule has 13 heteroatoms. The number of halogens is 3. The Morgan fingerprint density at radius 3 is 2.51 bits per heavy atom. The molecule has 1 aromatic rings. The van der Waals surface area contributed by atoms with E-state index < -0.39 is 29.1 Å². The van der Waals surface area contributed by atoms with Gasteiger partial charge in [-0.15, -0.1) is 0 Å². The zero-order chi connectivity index (χ0) is 30.4. The third-order valence-corrected chi connectivity index (χ3v) is 8.34. The molecule has 4 atom stereocenters. The number of carbonyl (C=O) groups excluding carboxylic acids is 1. The second kappa shape index (κ2) is 13.9. The van der Waals surface area contributed by atoms with Gasteiger partial charge in [-0.05, 0) is 43.2 Å². The minimum Gasteiger partial charge on any atom is -0.481 e. The van der Waals surface area contributed by atoms with Crippen LogP contribution in [0.25, 0.3) is 0 Å². The number of nitrogens with one attached hydrogen (secondary N) is 1. The van der Waals surface area contributed by atoms with Gasteiger partial charge >= 0.3 is 18.1 Å². The Morgan fingerprint density at radius 1 is 1.24 bits per heavy atom. The number of amides is 1. The van der Waals surface area contributed by atoms with Crippen molar-refractivity contribution in [3.63, 3.8) is 0 Å². The van der Waals surface area contributed by atoms with Crippen LogP contribution < -0.4 is 5.32 Å². The number of carbonyl (C=O) groups is 3. The van der Waals surface area contributed by atoms with Crippen LogP contribution in [-0.4, -0.2) is 83.0 Å². The Kier molecular flexibility index (Phi) is 11.1. The van der Waals surface area contributed by atoms with E-state index in [0.29, 0.717) is 37.4 Å². The minimum atomic E-state index is -4.44. The largest absolute Gasteiger partial charge is 0.481 e. The number of hydrogen-bond acceptors (Lipinski definition) is 7. The molecule has 1 aromatic heterocycles. The van der Waals surface area contributed by atoms with Crippen molar-refractivity contribution in [1.82, 2.24) is 15.2 Å². The summed E-state index contributed by atoms with van der Waals surface area (Å²) in [5.74, 6) is -1.97. The van der Waals surface area contributed by atoms with E-state index in [0.717, 1.165) is 37.9 Å². The van der Waals surface area contributed by atoms with E-state index >= 15 is 0 Å². The van der Waals surface area contributed by atoms with Gasteiger partial charge in [0.25, 0.3) is 0 Å². The van der Waals surface area contributed by atoms with E-state index in [-0.39, 0.29) is 50.8 Å². The molecular weight excluding hydrogens is 547 g/mol. The van der Waals surface area contributed by atoms with Gasteiger partial charge in [0.2, 0.25) is 5.91 Å². The van der Waals surface area contributed by atoms with E-state index in [4.69, 9.17) is 19.7 Å². The number of hydrogen-bond donors (Lipinski definition) is 3. The van der Waals surface area contributed by atoms with E-state index in [1.165, 1.54) is 0 Å². The maximum atomic E-state index is 13.8. The van der Waals surface area contributed by atoms with Gasteiger partial charge in [0.1, 0.15) is 0 Å². The Morgan fingerprint density at radius 2 is 1.93 bits per heavy atom. The van der Waals surface area contributed by atoms with E-state index in [1.54, 1.807) is 12.0 Å². The van der Waals surface area contributed by atoms with Crippen molar-refractivity contribution in [3.05, 3.63) is 29.1 Å². The third kappa shape index (κ3) is 8.39. The second-order valence-electron chi connectivity index (χ2n) is 11.3. The standard InChI is InChI=1S/C24H34F3N3O3.C4H6O4.H2/c1-15(2)23(7-4-18(11-23)29-20-6-9-33-14-21(20)32-3)22(31)30-8-5-19-16(13-30)10-17(12-28-19)24(25,26)27;5-3(6)1-2-4(7)8;/h10,12,15,18,20-21,29H,4-9,11,13-14H2,1-3H3;1-2H2,(H,5,6)(H,7,8);1H/t18-,20+,21-,23+;;/m1../s1. The number of alkyl halides is 3. The highest BCUT2D eigenvalue weighted by Crippen LogP contribution is 2.47. The highest BCUT2D eigenvalue weighted by atomic mass is 19.4. The molecule has 0 bridgehead atoms. The summed E-state index contributed by atoms with van der Waals surface area (Å²) in [5, 5.41) is 19.5. The van der Waals surface area contributed by atoms with Crippen molar-refractivity contribution >= 4 is 17.8 Å². The topological polar surface area (TPSA) is 138 Å². The van der Waals surface area contributed by atoms with E-state index in [9.17, 15) is 27.6 Å². The molecular formula is C28H42F3N3O7. The first-order chi connectivity index (χ1) is 19.3. The van der Waals surface area contributed by atoms with Gasteiger partial charge in [-0.1, -0.05) is 13.8 Å². The first kappa shape index (κ1) is 32.7. The Bertz CT molecular complexity index is 1080. The number of rotatable bonds is 8. The highest BCUT2D eigenvalue weighted by Gasteiger charge is 2.50. The summed E-state index contributed by atoms with van der Waals surface area (Å²) in [6.45, 7) is 6.09. The van der Waals surface area contributed by atoms with Gasteiger partial charge in [0, 0.05) is 58.6 Å². The van der Waals surface area contributed by atoms with E-state index in [2.05, 4.69) is 24.1 Å². The first-order valence-corrected chi connectivity index (χ1v) is 13.9. The molecule has 0 spiro atoms. The van der Waals surface area contributed by atoms with Gasteiger partial charge < -0.3 is 29.9 Å². The summed E-state index contributed by atoms with van der Waals surface area (Å²) in [4.78, 5) is 38.9. The number of fused-ring (bicyclic) bond motifs is 1. The maximum absolute atomic E-state index is 13.8. The van der Waals surface area contributed by atoms with Gasteiger partial charge in [0.05, 0.1) is 36.5 Å². The first-order valence-electron chi connectivity index (χ1n) is 13.9. The number of carboxylic acid groups (broad SMARTS) is 2. The Balaban J connectivity index is 0.000000603. The fourth-order valence-corrected chi connectivity index (χ4v) is 5.90. The predicted molar refractivity (Wildman–Crippen MR) is 143 cm³/mol. The Hall–Kier alpha value is -2.77. The number of aromatic nitrogens is 1. The van der Waals surface area contributed by atoms with Crippen molar-refractivity contribution in [2.45, 2.75) is 89.7 Å². The van der Waals surface area contributed by atoms with Crippen molar-refractivity contribution < 1.29 is 48.7 Å². The molecule has 3 heterocycles. The monoisotopic (exact) mass is 589 g/mol.